The Kier molecular flexibility index (Phi) is 4.75. The van der Waals surface area contributed by atoms with Crippen molar-refractivity contribution < 1.29 is 18.3 Å². The molecule has 6 nitrogen and oxygen atoms in total. The second kappa shape index (κ2) is 6.24. The van der Waals surface area contributed by atoms with E-state index in [-0.39, 0.29) is 22.0 Å². The lowest BCUT2D eigenvalue weighted by Crippen LogP contribution is -2.49. The van der Waals surface area contributed by atoms with E-state index >= 15 is 0 Å². The van der Waals surface area contributed by atoms with Gasteiger partial charge in [0.15, 0.2) is 0 Å². The van der Waals surface area contributed by atoms with E-state index in [1.807, 2.05) is 0 Å². The van der Waals surface area contributed by atoms with E-state index in [1.54, 1.807) is 13.0 Å². The molecule has 1 aliphatic heterocycles. The minimum Gasteiger partial charge on any atom is -0.481 e. The van der Waals surface area contributed by atoms with Crippen molar-refractivity contribution in [1.29, 1.82) is 5.26 Å². The zero-order valence-electron chi connectivity index (χ0n) is 11.9. The Balaban J connectivity index is 2.49. The summed E-state index contributed by atoms with van der Waals surface area (Å²) in [6, 6.07) is 5.34. The molecule has 0 spiro atoms. The molecule has 1 N–H and O–H groups in total. The van der Waals surface area contributed by atoms with Crippen LogP contribution in [0.5, 0.6) is 0 Å². The summed E-state index contributed by atoms with van der Waals surface area (Å²) in [6.45, 7) is 1.80. The molecule has 118 valence electrons. The van der Waals surface area contributed by atoms with Crippen LogP contribution in [0.4, 0.5) is 0 Å². The maximum absolute atomic E-state index is 12.8. The lowest BCUT2D eigenvalue weighted by molar-refractivity contribution is -0.144. The number of hydrogen-bond donors (Lipinski definition) is 1. The van der Waals surface area contributed by atoms with Crippen LogP contribution >= 0.6 is 11.6 Å². The third-order valence-corrected chi connectivity index (χ3v) is 6.26. The molecule has 1 aromatic rings. The highest BCUT2D eigenvalue weighted by atomic mass is 35.5. The van der Waals surface area contributed by atoms with Gasteiger partial charge in [0.1, 0.15) is 11.0 Å². The van der Waals surface area contributed by atoms with Crippen molar-refractivity contribution in [1.82, 2.24) is 4.31 Å². The number of aliphatic carboxylic acids is 1. The van der Waals surface area contributed by atoms with E-state index in [4.69, 9.17) is 16.9 Å². The SMILES string of the molecule is C[C@@H]1[C@H](C(=O)O)CCCN1S(=O)(=O)c1cccc(Cl)c1C#N. The first-order valence-corrected chi connectivity index (χ1v) is 8.55. The Morgan fingerprint density at radius 2 is 2.18 bits per heavy atom. The van der Waals surface area contributed by atoms with Crippen molar-refractivity contribution >= 4 is 27.6 Å². The third-order valence-electron chi connectivity index (χ3n) is 3.92. The van der Waals surface area contributed by atoms with Gasteiger partial charge in [0.05, 0.1) is 16.5 Å². The zero-order valence-corrected chi connectivity index (χ0v) is 13.4. The molecule has 0 amide bonds. The second-order valence-electron chi connectivity index (χ2n) is 5.17. The summed E-state index contributed by atoms with van der Waals surface area (Å²) in [7, 11) is -3.98. The average molecular weight is 343 g/mol. The van der Waals surface area contributed by atoms with Crippen LogP contribution < -0.4 is 0 Å². The number of halogens is 1. The number of benzene rings is 1. The van der Waals surface area contributed by atoms with Crippen molar-refractivity contribution in [2.45, 2.75) is 30.7 Å². The van der Waals surface area contributed by atoms with Gasteiger partial charge in [0, 0.05) is 12.6 Å². The highest BCUT2D eigenvalue weighted by Crippen LogP contribution is 2.32. The van der Waals surface area contributed by atoms with Crippen LogP contribution in [-0.2, 0) is 14.8 Å². The summed E-state index contributed by atoms with van der Waals surface area (Å²) in [5.74, 6) is -1.77. The Morgan fingerprint density at radius 3 is 2.77 bits per heavy atom. The van der Waals surface area contributed by atoms with Crippen LogP contribution in [0.3, 0.4) is 0 Å². The summed E-state index contributed by atoms with van der Waals surface area (Å²) in [6.07, 6.45) is 0.895. The van der Waals surface area contributed by atoms with E-state index in [9.17, 15) is 18.3 Å². The standard InChI is InChI=1S/C14H15ClN2O4S/c1-9-10(14(18)19)4-3-7-17(9)22(20,21)13-6-2-5-12(15)11(13)8-16/h2,5-6,9-10H,3-4,7H2,1H3,(H,18,19)/t9-,10-/m1/s1. The molecule has 1 heterocycles. The molecule has 8 heteroatoms. The smallest absolute Gasteiger partial charge is 0.308 e. The van der Waals surface area contributed by atoms with Crippen molar-refractivity contribution in [3.63, 3.8) is 0 Å². The molecule has 0 aliphatic carbocycles. The molecule has 1 saturated heterocycles. The first-order valence-electron chi connectivity index (χ1n) is 6.74. The fraction of sp³-hybridized carbons (Fsp3) is 0.429. The van der Waals surface area contributed by atoms with Gasteiger partial charge in [-0.3, -0.25) is 4.79 Å². The fourth-order valence-electron chi connectivity index (χ4n) is 2.74. The van der Waals surface area contributed by atoms with Gasteiger partial charge in [-0.1, -0.05) is 17.7 Å². The molecule has 2 rings (SSSR count). The van der Waals surface area contributed by atoms with Crippen LogP contribution in [0.2, 0.25) is 5.02 Å². The maximum atomic E-state index is 12.8. The zero-order chi connectivity index (χ0) is 16.5. The highest BCUT2D eigenvalue weighted by Gasteiger charge is 2.40. The minimum absolute atomic E-state index is 0.0584. The number of nitrogens with zero attached hydrogens (tertiary/aromatic N) is 2. The predicted molar refractivity (Wildman–Crippen MR) is 79.9 cm³/mol. The molecule has 2 atom stereocenters. The van der Waals surface area contributed by atoms with E-state index in [1.165, 1.54) is 18.2 Å². The highest BCUT2D eigenvalue weighted by molar-refractivity contribution is 7.89. The summed E-state index contributed by atoms with van der Waals surface area (Å²) in [5, 5.41) is 18.4. The van der Waals surface area contributed by atoms with Crippen LogP contribution in [-0.4, -0.2) is 36.4 Å². The molecule has 0 bridgehead atoms. The second-order valence-corrected chi connectivity index (χ2v) is 7.43. The van der Waals surface area contributed by atoms with E-state index < -0.39 is 28.0 Å². The van der Waals surface area contributed by atoms with Gasteiger partial charge in [-0.25, -0.2) is 8.42 Å². The fourth-order valence-corrected chi connectivity index (χ4v) is 4.88. The summed E-state index contributed by atoms with van der Waals surface area (Å²) in [4.78, 5) is 11.1. The molecule has 0 unspecified atom stereocenters. The van der Waals surface area contributed by atoms with Crippen molar-refractivity contribution in [3.8, 4) is 6.07 Å². The number of sulfonamides is 1. The Morgan fingerprint density at radius 1 is 1.50 bits per heavy atom. The van der Waals surface area contributed by atoms with E-state index in [0.29, 0.717) is 12.8 Å². The average Bonchev–Trinajstić information content (AvgIpc) is 2.46. The summed E-state index contributed by atoms with van der Waals surface area (Å²) in [5.41, 5.74) is -0.117. The monoisotopic (exact) mass is 342 g/mol. The maximum Gasteiger partial charge on any atom is 0.308 e. The summed E-state index contributed by atoms with van der Waals surface area (Å²) >= 11 is 5.89. The van der Waals surface area contributed by atoms with Crippen LogP contribution in [0.15, 0.2) is 23.1 Å². The quantitative estimate of drug-likeness (QED) is 0.906. The Hall–Kier alpha value is -1.62. The number of carboxylic acids is 1. The first kappa shape index (κ1) is 16.7. The van der Waals surface area contributed by atoms with Gasteiger partial charge >= 0.3 is 5.97 Å². The number of nitriles is 1. The third kappa shape index (κ3) is 2.82. The molecular weight excluding hydrogens is 328 g/mol. The molecule has 0 radical (unpaired) electrons. The van der Waals surface area contributed by atoms with Crippen LogP contribution in [0, 0.1) is 17.2 Å². The largest absolute Gasteiger partial charge is 0.481 e. The molecular formula is C14H15ClN2O4S. The van der Waals surface area contributed by atoms with E-state index in [2.05, 4.69) is 0 Å². The Labute approximate surface area is 134 Å². The van der Waals surface area contributed by atoms with Crippen molar-refractivity contribution in [2.24, 2.45) is 5.92 Å². The Bertz CT molecular complexity index is 742. The summed E-state index contributed by atoms with van der Waals surface area (Å²) < 4.78 is 26.8. The van der Waals surface area contributed by atoms with Crippen LogP contribution in [0.1, 0.15) is 25.3 Å². The lowest BCUT2D eigenvalue weighted by Gasteiger charge is -2.36. The molecule has 22 heavy (non-hydrogen) atoms. The molecule has 1 aliphatic rings. The molecule has 0 saturated carbocycles. The number of piperidine rings is 1. The normalized spacial score (nSPS) is 23.0. The molecule has 1 fully saturated rings. The van der Waals surface area contributed by atoms with E-state index in [0.717, 1.165) is 4.31 Å². The number of rotatable bonds is 3. The number of carboxylic acid groups (broad SMARTS) is 1. The molecule has 0 aromatic heterocycles. The van der Waals surface area contributed by atoms with Gasteiger partial charge < -0.3 is 5.11 Å². The molecule has 1 aromatic carbocycles. The van der Waals surface area contributed by atoms with Gasteiger partial charge in [-0.15, -0.1) is 0 Å². The van der Waals surface area contributed by atoms with Gasteiger partial charge in [-0.05, 0) is 31.9 Å². The van der Waals surface area contributed by atoms with Crippen molar-refractivity contribution in [2.75, 3.05) is 6.54 Å². The van der Waals surface area contributed by atoms with Crippen molar-refractivity contribution in [3.05, 3.63) is 28.8 Å². The topological polar surface area (TPSA) is 98.5 Å². The minimum atomic E-state index is -3.98. The van der Waals surface area contributed by atoms with Gasteiger partial charge in [0.25, 0.3) is 0 Å². The predicted octanol–water partition coefficient (Wildman–Crippen LogP) is 2.09. The number of carbonyl (C=O) groups is 1. The lowest BCUT2D eigenvalue weighted by atomic mass is 9.92. The van der Waals surface area contributed by atoms with Gasteiger partial charge in [0.2, 0.25) is 10.0 Å². The first-order chi connectivity index (χ1) is 10.3. The number of hydrogen-bond acceptors (Lipinski definition) is 4. The van der Waals surface area contributed by atoms with Crippen LogP contribution in [0.25, 0.3) is 0 Å². The van der Waals surface area contributed by atoms with Gasteiger partial charge in [-0.2, -0.15) is 9.57 Å².